The maximum Gasteiger partial charge on any atom is 0.118 e. The Morgan fingerprint density at radius 3 is 2.16 bits per heavy atom. The van der Waals surface area contributed by atoms with Crippen LogP contribution in [0.1, 0.15) is 25.8 Å². The predicted molar refractivity (Wildman–Crippen MR) is 79.8 cm³/mol. The highest BCUT2D eigenvalue weighted by molar-refractivity contribution is 5.27. The molecule has 0 saturated heterocycles. The van der Waals surface area contributed by atoms with Gasteiger partial charge in [-0.25, -0.2) is 0 Å². The van der Waals surface area contributed by atoms with Crippen molar-refractivity contribution in [2.45, 2.75) is 38.8 Å². The van der Waals surface area contributed by atoms with Crippen molar-refractivity contribution in [1.82, 2.24) is 5.32 Å². The summed E-state index contributed by atoms with van der Waals surface area (Å²) in [6.07, 6.45) is 2.37. The van der Waals surface area contributed by atoms with Crippen LogP contribution in [0.3, 0.4) is 0 Å². The molecule has 1 N–H and O–H groups in total. The van der Waals surface area contributed by atoms with Crippen LogP contribution in [-0.4, -0.2) is 33.4 Å². The second-order valence-corrected chi connectivity index (χ2v) is 5.23. The molecule has 19 heavy (non-hydrogen) atoms. The molecular weight excluding hydrogens is 238 g/mol. The topological polar surface area (TPSA) is 30.5 Å². The van der Waals surface area contributed by atoms with Crippen molar-refractivity contribution in [1.29, 1.82) is 0 Å². The van der Waals surface area contributed by atoms with E-state index in [-0.39, 0.29) is 6.10 Å². The van der Waals surface area contributed by atoms with E-state index in [1.54, 1.807) is 14.2 Å². The van der Waals surface area contributed by atoms with Crippen LogP contribution in [0.4, 0.5) is 0 Å². The van der Waals surface area contributed by atoms with Gasteiger partial charge in [-0.15, -0.1) is 0 Å². The van der Waals surface area contributed by atoms with Gasteiger partial charge >= 0.3 is 0 Å². The number of likely N-dealkylation sites (N-methyl/N-ethyl adjacent to an activating group) is 1. The van der Waals surface area contributed by atoms with Crippen molar-refractivity contribution < 1.29 is 9.47 Å². The molecule has 3 heteroatoms. The van der Waals surface area contributed by atoms with Gasteiger partial charge in [-0.3, -0.25) is 0 Å². The molecule has 1 aromatic rings. The number of benzene rings is 1. The molecule has 2 unspecified atom stereocenters. The average molecular weight is 265 g/mol. The molecule has 3 nitrogen and oxygen atoms in total. The van der Waals surface area contributed by atoms with Crippen molar-refractivity contribution in [3.63, 3.8) is 0 Å². The number of methoxy groups -OCH3 is 2. The molecule has 1 aromatic carbocycles. The van der Waals surface area contributed by atoms with Crippen LogP contribution in [0.25, 0.3) is 0 Å². The number of rotatable bonds is 8. The van der Waals surface area contributed by atoms with Crippen molar-refractivity contribution in [2.24, 2.45) is 5.92 Å². The summed E-state index contributed by atoms with van der Waals surface area (Å²) in [5.74, 6) is 1.42. The summed E-state index contributed by atoms with van der Waals surface area (Å²) in [5, 5.41) is 3.38. The number of ether oxygens (including phenoxy) is 2. The molecule has 0 bridgehead atoms. The highest BCUT2D eigenvalue weighted by atomic mass is 16.5. The lowest BCUT2D eigenvalue weighted by Crippen LogP contribution is -2.42. The quantitative estimate of drug-likeness (QED) is 0.784. The Labute approximate surface area is 117 Å². The average Bonchev–Trinajstić information content (AvgIpc) is 2.43. The molecule has 0 spiro atoms. The highest BCUT2D eigenvalue weighted by Gasteiger charge is 2.22. The number of nitrogens with one attached hydrogen (secondary N) is 1. The molecule has 0 fully saturated rings. The molecule has 0 amide bonds. The molecule has 0 aromatic heterocycles. The summed E-state index contributed by atoms with van der Waals surface area (Å²) in [5.41, 5.74) is 1.33. The van der Waals surface area contributed by atoms with Gasteiger partial charge in [0.2, 0.25) is 0 Å². The Bertz CT molecular complexity index is 348. The van der Waals surface area contributed by atoms with Gasteiger partial charge in [0.05, 0.1) is 13.2 Å². The lowest BCUT2D eigenvalue weighted by Gasteiger charge is -2.28. The number of aryl methyl sites for hydroxylation is 1. The van der Waals surface area contributed by atoms with Crippen LogP contribution in [0.15, 0.2) is 24.3 Å². The van der Waals surface area contributed by atoms with E-state index in [1.165, 1.54) is 5.56 Å². The maximum atomic E-state index is 5.61. The van der Waals surface area contributed by atoms with Crippen LogP contribution >= 0.6 is 0 Å². The van der Waals surface area contributed by atoms with Crippen LogP contribution in [-0.2, 0) is 11.2 Å². The van der Waals surface area contributed by atoms with E-state index >= 15 is 0 Å². The molecule has 0 saturated carbocycles. The summed E-state index contributed by atoms with van der Waals surface area (Å²) in [6.45, 7) is 4.40. The van der Waals surface area contributed by atoms with Gasteiger partial charge in [0.1, 0.15) is 5.75 Å². The van der Waals surface area contributed by atoms with Gasteiger partial charge in [0.25, 0.3) is 0 Å². The summed E-state index contributed by atoms with van der Waals surface area (Å²) in [4.78, 5) is 0. The Balaban J connectivity index is 2.56. The minimum atomic E-state index is 0.253. The van der Waals surface area contributed by atoms with Gasteiger partial charge < -0.3 is 14.8 Å². The summed E-state index contributed by atoms with van der Waals surface area (Å²) in [6, 6.07) is 8.66. The predicted octanol–water partition coefficient (Wildman–Crippen LogP) is 2.89. The van der Waals surface area contributed by atoms with E-state index in [0.717, 1.165) is 18.6 Å². The molecule has 0 aliphatic carbocycles. The van der Waals surface area contributed by atoms with E-state index in [0.29, 0.717) is 12.0 Å². The van der Waals surface area contributed by atoms with E-state index in [1.807, 2.05) is 19.2 Å². The normalized spacial score (nSPS) is 14.4. The smallest absolute Gasteiger partial charge is 0.118 e. The highest BCUT2D eigenvalue weighted by Crippen LogP contribution is 2.17. The molecule has 0 radical (unpaired) electrons. The fraction of sp³-hybridized carbons (Fsp3) is 0.625. The van der Waals surface area contributed by atoms with Gasteiger partial charge in [-0.1, -0.05) is 26.0 Å². The third-order valence-electron chi connectivity index (χ3n) is 3.60. The molecule has 2 atom stereocenters. The fourth-order valence-corrected chi connectivity index (χ4v) is 2.49. The largest absolute Gasteiger partial charge is 0.497 e. The Hall–Kier alpha value is -1.06. The first-order valence-corrected chi connectivity index (χ1v) is 6.95. The van der Waals surface area contributed by atoms with Crippen molar-refractivity contribution in [2.75, 3.05) is 21.3 Å². The minimum Gasteiger partial charge on any atom is -0.497 e. The molecular formula is C16H27NO2. The Morgan fingerprint density at radius 1 is 1.11 bits per heavy atom. The van der Waals surface area contributed by atoms with Gasteiger partial charge in [-0.05, 0) is 43.5 Å². The molecule has 108 valence electrons. The Kier molecular flexibility index (Phi) is 6.89. The van der Waals surface area contributed by atoms with Crippen LogP contribution in [0.5, 0.6) is 5.75 Å². The molecule has 0 heterocycles. The Morgan fingerprint density at radius 2 is 1.74 bits per heavy atom. The van der Waals surface area contributed by atoms with Gasteiger partial charge in [-0.2, -0.15) is 0 Å². The minimum absolute atomic E-state index is 0.253. The SMILES string of the molecule is CNC(CCc1ccc(OC)cc1)C(OC)C(C)C. The third kappa shape index (κ3) is 4.84. The molecule has 1 rings (SSSR count). The zero-order valence-corrected chi connectivity index (χ0v) is 12.8. The molecule has 0 aliphatic rings. The van der Waals surface area contributed by atoms with E-state index in [2.05, 4.69) is 31.3 Å². The zero-order valence-electron chi connectivity index (χ0n) is 12.8. The maximum absolute atomic E-state index is 5.61. The number of hydrogen-bond acceptors (Lipinski definition) is 3. The standard InChI is InChI=1S/C16H27NO2/c1-12(2)16(19-5)15(17-3)11-8-13-6-9-14(18-4)10-7-13/h6-7,9-10,12,15-17H,8,11H2,1-5H3. The second-order valence-electron chi connectivity index (χ2n) is 5.23. The summed E-state index contributed by atoms with van der Waals surface area (Å²) >= 11 is 0. The fourth-order valence-electron chi connectivity index (χ4n) is 2.49. The second kappa shape index (κ2) is 8.18. The lowest BCUT2D eigenvalue weighted by atomic mass is 9.94. The summed E-state index contributed by atoms with van der Waals surface area (Å²) < 4.78 is 10.8. The third-order valence-corrected chi connectivity index (χ3v) is 3.60. The van der Waals surface area contributed by atoms with Gasteiger partial charge in [0, 0.05) is 13.2 Å². The van der Waals surface area contributed by atoms with Crippen molar-refractivity contribution in [3.8, 4) is 5.75 Å². The zero-order chi connectivity index (χ0) is 14.3. The lowest BCUT2D eigenvalue weighted by molar-refractivity contribution is 0.0330. The monoisotopic (exact) mass is 265 g/mol. The first-order valence-electron chi connectivity index (χ1n) is 6.95. The van der Waals surface area contributed by atoms with E-state index in [4.69, 9.17) is 9.47 Å². The molecule has 0 aliphatic heterocycles. The number of hydrogen-bond donors (Lipinski definition) is 1. The van der Waals surface area contributed by atoms with E-state index < -0.39 is 0 Å². The van der Waals surface area contributed by atoms with Crippen LogP contribution in [0.2, 0.25) is 0 Å². The summed E-state index contributed by atoms with van der Waals surface area (Å²) in [7, 11) is 5.49. The first kappa shape index (κ1) is 16.0. The van der Waals surface area contributed by atoms with Crippen LogP contribution < -0.4 is 10.1 Å². The van der Waals surface area contributed by atoms with E-state index in [9.17, 15) is 0 Å². The van der Waals surface area contributed by atoms with Crippen LogP contribution in [0, 0.1) is 5.92 Å². The van der Waals surface area contributed by atoms with Crippen molar-refractivity contribution in [3.05, 3.63) is 29.8 Å². The van der Waals surface area contributed by atoms with Gasteiger partial charge in [0.15, 0.2) is 0 Å². The van der Waals surface area contributed by atoms with Crippen molar-refractivity contribution >= 4 is 0 Å². The first-order chi connectivity index (χ1) is 9.12.